The van der Waals surface area contributed by atoms with E-state index in [1.54, 1.807) is 29.5 Å². The summed E-state index contributed by atoms with van der Waals surface area (Å²) in [5.74, 6) is 1.31. The molecule has 0 radical (unpaired) electrons. The van der Waals surface area contributed by atoms with Crippen LogP contribution in [0.5, 0.6) is 0 Å². The van der Waals surface area contributed by atoms with Crippen LogP contribution in [-0.4, -0.2) is 48.6 Å². The quantitative estimate of drug-likeness (QED) is 0.757. The lowest BCUT2D eigenvalue weighted by atomic mass is 10.2. The first kappa shape index (κ1) is 16.2. The van der Waals surface area contributed by atoms with Gasteiger partial charge < -0.3 is 10.2 Å². The maximum absolute atomic E-state index is 12.7. The van der Waals surface area contributed by atoms with Crippen LogP contribution in [0.4, 0.5) is 5.82 Å². The molecule has 132 valence electrons. The molecular formula is C18H19N7O. The summed E-state index contributed by atoms with van der Waals surface area (Å²) in [6.07, 6.45) is 8.60. The molecule has 0 atom stereocenters. The van der Waals surface area contributed by atoms with Crippen molar-refractivity contribution in [1.82, 2.24) is 29.6 Å². The lowest BCUT2D eigenvalue weighted by Gasteiger charge is -2.18. The standard InChI is InChI=1S/C18H19N7O/c26-18(24-9-1-2-10-24)15-6-4-7-20-16(15)22-11-14-5-3-8-21-17(14)25-13-19-12-23-25/h3-8,12-13H,1-2,9-11H2,(H,20,22). The summed E-state index contributed by atoms with van der Waals surface area (Å²) in [5.41, 5.74) is 1.53. The second-order valence-corrected chi connectivity index (χ2v) is 6.08. The Bertz CT molecular complexity index is 888. The van der Waals surface area contributed by atoms with E-state index in [1.165, 1.54) is 6.33 Å². The number of carbonyl (C=O) groups is 1. The van der Waals surface area contributed by atoms with E-state index < -0.39 is 0 Å². The number of aromatic nitrogens is 5. The van der Waals surface area contributed by atoms with Gasteiger partial charge in [0.1, 0.15) is 18.5 Å². The van der Waals surface area contributed by atoms with Crippen LogP contribution in [0.3, 0.4) is 0 Å². The van der Waals surface area contributed by atoms with Crippen LogP contribution in [0, 0.1) is 0 Å². The van der Waals surface area contributed by atoms with Crippen LogP contribution in [0.25, 0.3) is 5.82 Å². The maximum Gasteiger partial charge on any atom is 0.257 e. The minimum atomic E-state index is 0.0285. The van der Waals surface area contributed by atoms with E-state index in [9.17, 15) is 4.79 Å². The van der Waals surface area contributed by atoms with Crippen molar-refractivity contribution in [2.24, 2.45) is 0 Å². The second-order valence-electron chi connectivity index (χ2n) is 6.08. The van der Waals surface area contributed by atoms with Crippen LogP contribution < -0.4 is 5.32 Å². The van der Waals surface area contributed by atoms with Crippen molar-refractivity contribution in [3.05, 3.63) is 60.4 Å². The SMILES string of the molecule is O=C(c1cccnc1NCc1cccnc1-n1cncn1)N1CCCC1. The monoisotopic (exact) mass is 349 g/mol. The zero-order valence-electron chi connectivity index (χ0n) is 14.2. The fourth-order valence-corrected chi connectivity index (χ4v) is 3.08. The predicted molar refractivity (Wildman–Crippen MR) is 95.9 cm³/mol. The van der Waals surface area contributed by atoms with Crippen molar-refractivity contribution < 1.29 is 4.79 Å². The fourth-order valence-electron chi connectivity index (χ4n) is 3.08. The zero-order chi connectivity index (χ0) is 17.8. The molecule has 0 aliphatic carbocycles. The van der Waals surface area contributed by atoms with Gasteiger partial charge in [-0.2, -0.15) is 5.10 Å². The highest BCUT2D eigenvalue weighted by molar-refractivity contribution is 5.98. The number of rotatable bonds is 5. The van der Waals surface area contributed by atoms with Crippen molar-refractivity contribution in [3.63, 3.8) is 0 Å². The summed E-state index contributed by atoms with van der Waals surface area (Å²) in [6, 6.07) is 7.44. The summed E-state index contributed by atoms with van der Waals surface area (Å²) < 4.78 is 1.62. The Morgan fingerprint density at radius 3 is 2.73 bits per heavy atom. The molecule has 8 heteroatoms. The molecule has 0 spiro atoms. The largest absolute Gasteiger partial charge is 0.365 e. The molecule has 1 aliphatic heterocycles. The van der Waals surface area contributed by atoms with Gasteiger partial charge in [-0.25, -0.2) is 19.6 Å². The average molecular weight is 349 g/mol. The van der Waals surface area contributed by atoms with Gasteiger partial charge in [-0.1, -0.05) is 6.07 Å². The number of likely N-dealkylation sites (tertiary alicyclic amines) is 1. The molecule has 1 aliphatic rings. The van der Waals surface area contributed by atoms with Gasteiger partial charge in [0.15, 0.2) is 5.82 Å². The van der Waals surface area contributed by atoms with Gasteiger partial charge in [0.25, 0.3) is 5.91 Å². The Balaban J connectivity index is 1.55. The van der Waals surface area contributed by atoms with Crippen LogP contribution in [0.2, 0.25) is 0 Å². The lowest BCUT2D eigenvalue weighted by molar-refractivity contribution is 0.0793. The molecule has 4 heterocycles. The molecule has 8 nitrogen and oxygen atoms in total. The third-order valence-electron chi connectivity index (χ3n) is 4.38. The van der Waals surface area contributed by atoms with Gasteiger partial charge in [-0.3, -0.25) is 4.79 Å². The van der Waals surface area contributed by atoms with Gasteiger partial charge in [0.2, 0.25) is 0 Å². The number of hydrogen-bond acceptors (Lipinski definition) is 6. The van der Waals surface area contributed by atoms with Gasteiger partial charge in [-0.15, -0.1) is 0 Å². The molecule has 0 saturated carbocycles. The van der Waals surface area contributed by atoms with Crippen molar-refractivity contribution in [2.45, 2.75) is 19.4 Å². The minimum absolute atomic E-state index is 0.0285. The van der Waals surface area contributed by atoms with Crippen molar-refractivity contribution >= 4 is 11.7 Å². The van der Waals surface area contributed by atoms with Gasteiger partial charge in [-0.05, 0) is 31.0 Å². The van der Waals surface area contributed by atoms with Gasteiger partial charge in [0, 0.05) is 37.6 Å². The maximum atomic E-state index is 12.7. The topological polar surface area (TPSA) is 88.8 Å². The third kappa shape index (κ3) is 3.26. The van der Waals surface area contributed by atoms with E-state index in [4.69, 9.17) is 0 Å². The highest BCUT2D eigenvalue weighted by Crippen LogP contribution is 2.19. The Morgan fingerprint density at radius 1 is 1.12 bits per heavy atom. The highest BCUT2D eigenvalue weighted by Gasteiger charge is 2.22. The van der Waals surface area contributed by atoms with Crippen LogP contribution in [0.1, 0.15) is 28.8 Å². The minimum Gasteiger partial charge on any atom is -0.365 e. The van der Waals surface area contributed by atoms with Crippen molar-refractivity contribution in [2.75, 3.05) is 18.4 Å². The fraction of sp³-hybridized carbons (Fsp3) is 0.278. The Labute approximate surface area is 150 Å². The summed E-state index contributed by atoms with van der Waals surface area (Å²) in [4.78, 5) is 27.3. The van der Waals surface area contributed by atoms with E-state index in [0.717, 1.165) is 31.5 Å². The Kier molecular flexibility index (Phi) is 4.55. The van der Waals surface area contributed by atoms with Crippen molar-refractivity contribution in [1.29, 1.82) is 0 Å². The molecule has 0 aromatic carbocycles. The molecule has 1 saturated heterocycles. The van der Waals surface area contributed by atoms with Crippen LogP contribution in [-0.2, 0) is 6.54 Å². The number of nitrogens with one attached hydrogen (secondary N) is 1. The number of amides is 1. The molecule has 3 aromatic rings. The first-order chi connectivity index (χ1) is 12.8. The summed E-state index contributed by atoms with van der Waals surface area (Å²) in [7, 11) is 0. The number of pyridine rings is 2. The lowest BCUT2D eigenvalue weighted by Crippen LogP contribution is -2.28. The van der Waals surface area contributed by atoms with Crippen molar-refractivity contribution in [3.8, 4) is 5.82 Å². The molecular weight excluding hydrogens is 330 g/mol. The number of anilines is 1. The molecule has 26 heavy (non-hydrogen) atoms. The molecule has 1 amide bonds. The Hall–Kier alpha value is -3.29. The molecule has 0 unspecified atom stereocenters. The van der Waals surface area contributed by atoms with E-state index >= 15 is 0 Å². The normalized spacial score (nSPS) is 13.8. The van der Waals surface area contributed by atoms with Crippen LogP contribution >= 0.6 is 0 Å². The number of carbonyl (C=O) groups excluding carboxylic acids is 1. The van der Waals surface area contributed by atoms with E-state index in [1.807, 2.05) is 23.1 Å². The molecule has 4 rings (SSSR count). The zero-order valence-corrected chi connectivity index (χ0v) is 14.2. The van der Waals surface area contributed by atoms with E-state index in [0.29, 0.717) is 23.7 Å². The molecule has 3 aromatic heterocycles. The van der Waals surface area contributed by atoms with Crippen LogP contribution in [0.15, 0.2) is 49.3 Å². The summed E-state index contributed by atoms with van der Waals surface area (Å²) in [5, 5.41) is 7.42. The molecule has 1 fully saturated rings. The molecule has 0 bridgehead atoms. The summed E-state index contributed by atoms with van der Waals surface area (Å²) >= 11 is 0. The number of nitrogens with zero attached hydrogens (tertiary/aromatic N) is 6. The van der Waals surface area contributed by atoms with E-state index in [2.05, 4.69) is 25.4 Å². The number of hydrogen-bond donors (Lipinski definition) is 1. The predicted octanol–water partition coefficient (Wildman–Crippen LogP) is 1.91. The first-order valence-corrected chi connectivity index (χ1v) is 8.60. The highest BCUT2D eigenvalue weighted by atomic mass is 16.2. The smallest absolute Gasteiger partial charge is 0.257 e. The second kappa shape index (κ2) is 7.30. The Morgan fingerprint density at radius 2 is 1.92 bits per heavy atom. The van der Waals surface area contributed by atoms with Gasteiger partial charge in [0.05, 0.1) is 5.56 Å². The molecule has 1 N–H and O–H groups in total. The third-order valence-corrected chi connectivity index (χ3v) is 4.38. The first-order valence-electron chi connectivity index (χ1n) is 8.60. The summed E-state index contributed by atoms with van der Waals surface area (Å²) in [6.45, 7) is 2.10. The van der Waals surface area contributed by atoms with E-state index in [-0.39, 0.29) is 5.91 Å². The van der Waals surface area contributed by atoms with Gasteiger partial charge >= 0.3 is 0 Å². The average Bonchev–Trinajstić information content (AvgIpc) is 3.40.